The zero-order valence-electron chi connectivity index (χ0n) is 11.4. The van der Waals surface area contributed by atoms with Crippen molar-refractivity contribution in [1.82, 2.24) is 15.1 Å². The molecule has 2 saturated heterocycles. The summed E-state index contributed by atoms with van der Waals surface area (Å²) in [6.45, 7) is 8.58. The molecule has 0 aromatic rings. The lowest BCUT2D eigenvalue weighted by Gasteiger charge is -2.38. The number of carbonyl (C=O) groups excluding carboxylic acids is 2. The molecule has 5 nitrogen and oxygen atoms in total. The fourth-order valence-corrected chi connectivity index (χ4v) is 2.74. The van der Waals surface area contributed by atoms with Crippen LogP contribution in [0.15, 0.2) is 0 Å². The molecule has 2 amide bonds. The number of piperazine rings is 1. The van der Waals surface area contributed by atoms with E-state index in [1.807, 2.05) is 0 Å². The van der Waals surface area contributed by atoms with Gasteiger partial charge in [-0.2, -0.15) is 0 Å². The van der Waals surface area contributed by atoms with Crippen molar-refractivity contribution in [3.63, 3.8) is 0 Å². The summed E-state index contributed by atoms with van der Waals surface area (Å²) in [5, 5.41) is 3.18. The summed E-state index contributed by atoms with van der Waals surface area (Å²) in [7, 11) is 0. The minimum Gasteiger partial charge on any atom is -0.334 e. The molecule has 2 aliphatic rings. The van der Waals surface area contributed by atoms with Crippen molar-refractivity contribution in [1.29, 1.82) is 0 Å². The Balaban J connectivity index is 1.95. The second-order valence-corrected chi connectivity index (χ2v) is 6.04. The maximum absolute atomic E-state index is 12.2. The Kier molecular flexibility index (Phi) is 3.90. The first kappa shape index (κ1) is 13.3. The molecular formula is C13H23N3O2. The predicted octanol–water partition coefficient (Wildman–Crippen LogP) is 0.0668. The zero-order valence-corrected chi connectivity index (χ0v) is 11.4. The van der Waals surface area contributed by atoms with E-state index in [9.17, 15) is 9.59 Å². The largest absolute Gasteiger partial charge is 0.334 e. The van der Waals surface area contributed by atoms with Crippen LogP contribution in [0.3, 0.4) is 0 Å². The molecule has 2 aliphatic heterocycles. The third-order valence-electron chi connectivity index (χ3n) is 3.77. The van der Waals surface area contributed by atoms with Gasteiger partial charge in [-0.3, -0.25) is 9.59 Å². The predicted molar refractivity (Wildman–Crippen MR) is 69.0 cm³/mol. The third-order valence-corrected chi connectivity index (χ3v) is 3.77. The van der Waals surface area contributed by atoms with Crippen LogP contribution in [-0.4, -0.2) is 60.9 Å². The van der Waals surface area contributed by atoms with Gasteiger partial charge in [0.05, 0.1) is 0 Å². The Hall–Kier alpha value is -1.10. The van der Waals surface area contributed by atoms with Crippen molar-refractivity contribution in [2.75, 3.05) is 39.3 Å². The van der Waals surface area contributed by atoms with Gasteiger partial charge in [0.15, 0.2) is 0 Å². The molecule has 18 heavy (non-hydrogen) atoms. The SMILES string of the molecule is CC1(C)CCCN(C(=O)C(=O)N2CCNCC2)C1. The van der Waals surface area contributed by atoms with Gasteiger partial charge in [-0.05, 0) is 18.3 Å². The molecule has 0 aliphatic carbocycles. The highest BCUT2D eigenvalue weighted by Crippen LogP contribution is 2.28. The first-order valence-electron chi connectivity index (χ1n) is 6.78. The molecule has 0 unspecified atom stereocenters. The molecule has 2 rings (SSSR count). The van der Waals surface area contributed by atoms with Gasteiger partial charge in [0.25, 0.3) is 0 Å². The molecule has 1 N–H and O–H groups in total. The van der Waals surface area contributed by atoms with Crippen molar-refractivity contribution in [3.8, 4) is 0 Å². The molecule has 5 heteroatoms. The minimum atomic E-state index is -0.325. The molecule has 0 aromatic heterocycles. The van der Waals surface area contributed by atoms with Gasteiger partial charge in [0, 0.05) is 39.3 Å². The fraction of sp³-hybridized carbons (Fsp3) is 0.846. The van der Waals surface area contributed by atoms with Crippen LogP contribution in [0, 0.1) is 5.41 Å². The van der Waals surface area contributed by atoms with Crippen LogP contribution in [0.2, 0.25) is 0 Å². The Morgan fingerprint density at radius 2 is 1.61 bits per heavy atom. The Morgan fingerprint density at radius 1 is 1.00 bits per heavy atom. The van der Waals surface area contributed by atoms with Crippen LogP contribution in [0.1, 0.15) is 26.7 Å². The molecule has 0 radical (unpaired) electrons. The normalized spacial score (nSPS) is 23.9. The summed E-state index contributed by atoms with van der Waals surface area (Å²) in [6.07, 6.45) is 2.12. The average molecular weight is 253 g/mol. The summed E-state index contributed by atoms with van der Waals surface area (Å²) >= 11 is 0. The van der Waals surface area contributed by atoms with Gasteiger partial charge in [0.1, 0.15) is 0 Å². The minimum absolute atomic E-state index is 0.137. The van der Waals surface area contributed by atoms with E-state index in [0.29, 0.717) is 19.6 Å². The van der Waals surface area contributed by atoms with Gasteiger partial charge in [-0.1, -0.05) is 13.8 Å². The van der Waals surface area contributed by atoms with E-state index in [0.717, 1.165) is 32.5 Å². The van der Waals surface area contributed by atoms with E-state index in [1.54, 1.807) is 9.80 Å². The fourth-order valence-electron chi connectivity index (χ4n) is 2.74. The number of nitrogens with one attached hydrogen (secondary N) is 1. The highest BCUT2D eigenvalue weighted by atomic mass is 16.2. The standard InChI is InChI=1S/C13H23N3O2/c1-13(2)4-3-7-16(10-13)12(18)11(17)15-8-5-14-6-9-15/h14H,3-10H2,1-2H3. The van der Waals surface area contributed by atoms with Gasteiger partial charge in [0.2, 0.25) is 0 Å². The maximum Gasteiger partial charge on any atom is 0.312 e. The van der Waals surface area contributed by atoms with Crippen LogP contribution in [0.25, 0.3) is 0 Å². The quantitative estimate of drug-likeness (QED) is 0.621. The number of hydrogen-bond donors (Lipinski definition) is 1. The lowest BCUT2D eigenvalue weighted by Crippen LogP contribution is -2.54. The Labute approximate surface area is 108 Å². The molecule has 0 atom stereocenters. The van der Waals surface area contributed by atoms with Crippen molar-refractivity contribution in [3.05, 3.63) is 0 Å². The van der Waals surface area contributed by atoms with Crippen LogP contribution < -0.4 is 5.32 Å². The topological polar surface area (TPSA) is 52.7 Å². The zero-order chi connectivity index (χ0) is 13.2. The number of nitrogens with zero attached hydrogens (tertiary/aromatic N) is 2. The van der Waals surface area contributed by atoms with E-state index in [1.165, 1.54) is 0 Å². The van der Waals surface area contributed by atoms with Gasteiger partial charge in [-0.25, -0.2) is 0 Å². The van der Waals surface area contributed by atoms with E-state index in [-0.39, 0.29) is 17.2 Å². The Bertz CT molecular complexity index is 335. The Morgan fingerprint density at radius 3 is 2.22 bits per heavy atom. The summed E-state index contributed by atoms with van der Waals surface area (Å²) in [6, 6.07) is 0. The molecule has 0 aromatic carbocycles. The molecular weight excluding hydrogens is 230 g/mol. The second-order valence-electron chi connectivity index (χ2n) is 6.04. The van der Waals surface area contributed by atoms with Crippen LogP contribution in [0.5, 0.6) is 0 Å². The molecule has 2 heterocycles. The van der Waals surface area contributed by atoms with E-state index >= 15 is 0 Å². The highest BCUT2D eigenvalue weighted by molar-refractivity contribution is 6.34. The van der Waals surface area contributed by atoms with E-state index in [2.05, 4.69) is 19.2 Å². The van der Waals surface area contributed by atoms with E-state index in [4.69, 9.17) is 0 Å². The third kappa shape index (κ3) is 3.02. The molecule has 0 bridgehead atoms. The number of piperidine rings is 1. The first-order valence-corrected chi connectivity index (χ1v) is 6.78. The van der Waals surface area contributed by atoms with Gasteiger partial charge in [-0.15, -0.1) is 0 Å². The maximum atomic E-state index is 12.2. The first-order chi connectivity index (χ1) is 8.49. The summed E-state index contributed by atoms with van der Waals surface area (Å²) in [5.41, 5.74) is 0.137. The lowest BCUT2D eigenvalue weighted by molar-refractivity contribution is -0.153. The molecule has 2 fully saturated rings. The van der Waals surface area contributed by atoms with Crippen LogP contribution in [-0.2, 0) is 9.59 Å². The summed E-state index contributed by atoms with van der Waals surface area (Å²) in [5.74, 6) is -0.640. The van der Waals surface area contributed by atoms with Crippen molar-refractivity contribution >= 4 is 11.8 Å². The van der Waals surface area contributed by atoms with Crippen LogP contribution in [0.4, 0.5) is 0 Å². The summed E-state index contributed by atoms with van der Waals surface area (Å²) in [4.78, 5) is 27.7. The number of amides is 2. The molecule has 102 valence electrons. The number of carbonyl (C=O) groups is 2. The van der Waals surface area contributed by atoms with Crippen molar-refractivity contribution < 1.29 is 9.59 Å². The monoisotopic (exact) mass is 253 g/mol. The van der Waals surface area contributed by atoms with E-state index < -0.39 is 0 Å². The number of rotatable bonds is 0. The molecule has 0 saturated carbocycles. The average Bonchev–Trinajstić information content (AvgIpc) is 2.37. The summed E-state index contributed by atoms with van der Waals surface area (Å²) < 4.78 is 0. The van der Waals surface area contributed by atoms with Crippen molar-refractivity contribution in [2.24, 2.45) is 5.41 Å². The van der Waals surface area contributed by atoms with Crippen molar-refractivity contribution in [2.45, 2.75) is 26.7 Å². The number of hydrogen-bond acceptors (Lipinski definition) is 3. The molecule has 0 spiro atoms. The second kappa shape index (κ2) is 5.26. The lowest BCUT2D eigenvalue weighted by atomic mass is 9.84. The highest BCUT2D eigenvalue weighted by Gasteiger charge is 2.34. The van der Waals surface area contributed by atoms with Crippen LogP contribution >= 0.6 is 0 Å². The number of likely N-dealkylation sites (tertiary alicyclic amines) is 1. The van der Waals surface area contributed by atoms with Gasteiger partial charge < -0.3 is 15.1 Å². The van der Waals surface area contributed by atoms with Gasteiger partial charge >= 0.3 is 11.8 Å². The smallest absolute Gasteiger partial charge is 0.312 e.